The lowest BCUT2D eigenvalue weighted by Gasteiger charge is -2.45. The fraction of sp³-hybridized carbons (Fsp3) is 0.733. The van der Waals surface area contributed by atoms with Crippen LogP contribution in [0.5, 0.6) is 0 Å². The first-order valence-electron chi connectivity index (χ1n) is 7.65. The van der Waals surface area contributed by atoms with Crippen LogP contribution in [-0.4, -0.2) is 50.2 Å². The Kier molecular flexibility index (Phi) is 3.78. The maximum atomic E-state index is 4.69. The monoisotopic (exact) mass is 275 g/mol. The van der Waals surface area contributed by atoms with Gasteiger partial charge in [-0.05, 0) is 38.3 Å². The molecule has 3 heterocycles. The number of nitrogens with one attached hydrogen (secondary N) is 1. The van der Waals surface area contributed by atoms with E-state index in [0.717, 1.165) is 31.4 Å². The molecule has 0 aromatic carbocycles. The van der Waals surface area contributed by atoms with Crippen molar-refractivity contribution in [3.63, 3.8) is 0 Å². The average molecular weight is 275 g/mol. The maximum absolute atomic E-state index is 4.69. The van der Waals surface area contributed by atoms with Gasteiger partial charge in [-0.2, -0.15) is 4.98 Å². The van der Waals surface area contributed by atoms with Gasteiger partial charge in [-0.25, -0.2) is 4.98 Å². The van der Waals surface area contributed by atoms with E-state index in [0.29, 0.717) is 5.41 Å². The lowest BCUT2D eigenvalue weighted by molar-refractivity contribution is 0.173. The number of nitrogens with zero attached hydrogens (tertiary/aromatic N) is 4. The summed E-state index contributed by atoms with van der Waals surface area (Å²) < 4.78 is 0. The van der Waals surface area contributed by atoms with Crippen LogP contribution in [0.25, 0.3) is 0 Å². The van der Waals surface area contributed by atoms with Crippen LogP contribution in [0.2, 0.25) is 0 Å². The molecule has 1 atom stereocenters. The summed E-state index contributed by atoms with van der Waals surface area (Å²) in [6, 6.07) is 2.04. The van der Waals surface area contributed by atoms with E-state index in [1.54, 1.807) is 0 Å². The largest absolute Gasteiger partial charge is 0.356 e. The molecule has 2 saturated heterocycles. The minimum atomic E-state index is 0.458. The van der Waals surface area contributed by atoms with Crippen molar-refractivity contribution in [1.82, 2.24) is 15.3 Å². The van der Waals surface area contributed by atoms with E-state index in [-0.39, 0.29) is 0 Å². The fourth-order valence-corrected chi connectivity index (χ4v) is 3.51. The molecule has 1 spiro atoms. The number of hydrogen-bond donors (Lipinski definition) is 1. The van der Waals surface area contributed by atoms with Gasteiger partial charge in [0.2, 0.25) is 5.95 Å². The Morgan fingerprint density at radius 1 is 1.30 bits per heavy atom. The predicted octanol–water partition coefficient (Wildman–Crippen LogP) is 1.51. The highest BCUT2D eigenvalue weighted by atomic mass is 15.3. The first kappa shape index (κ1) is 13.6. The molecule has 20 heavy (non-hydrogen) atoms. The molecule has 2 fully saturated rings. The van der Waals surface area contributed by atoms with Gasteiger partial charge in [-0.1, -0.05) is 0 Å². The second-order valence-electron chi connectivity index (χ2n) is 6.41. The molecule has 1 unspecified atom stereocenters. The molecule has 5 heteroatoms. The molecule has 0 amide bonds. The standard InChI is InChI=1S/C15H25N5/c1-19(2)14-17-9-5-13(18-14)20-10-4-7-15(12-20)6-3-8-16-11-15/h5,9,16H,3-4,6-8,10-12H2,1-2H3. The molecule has 0 radical (unpaired) electrons. The number of aromatic nitrogens is 2. The highest BCUT2D eigenvalue weighted by Gasteiger charge is 2.36. The summed E-state index contributed by atoms with van der Waals surface area (Å²) in [5.74, 6) is 1.87. The first-order valence-corrected chi connectivity index (χ1v) is 7.65. The molecule has 5 nitrogen and oxygen atoms in total. The van der Waals surface area contributed by atoms with E-state index in [2.05, 4.69) is 15.2 Å². The van der Waals surface area contributed by atoms with E-state index in [9.17, 15) is 0 Å². The van der Waals surface area contributed by atoms with Crippen molar-refractivity contribution in [1.29, 1.82) is 0 Å². The molecule has 0 aliphatic carbocycles. The van der Waals surface area contributed by atoms with Crippen LogP contribution < -0.4 is 15.1 Å². The topological polar surface area (TPSA) is 44.3 Å². The number of anilines is 2. The SMILES string of the molecule is CN(C)c1nccc(N2CCCC3(CCCNC3)C2)n1. The van der Waals surface area contributed by atoms with Gasteiger partial charge in [0.05, 0.1) is 0 Å². The van der Waals surface area contributed by atoms with Crippen LogP contribution in [0, 0.1) is 5.41 Å². The Balaban J connectivity index is 1.78. The third-order valence-corrected chi connectivity index (χ3v) is 4.57. The van der Waals surface area contributed by atoms with Crippen LogP contribution >= 0.6 is 0 Å². The number of piperidine rings is 2. The molecule has 2 aliphatic heterocycles. The summed E-state index contributed by atoms with van der Waals surface area (Å²) in [6.07, 6.45) is 7.14. The van der Waals surface area contributed by atoms with Crippen LogP contribution in [0.3, 0.4) is 0 Å². The molecule has 1 aromatic rings. The second-order valence-corrected chi connectivity index (χ2v) is 6.41. The summed E-state index contributed by atoms with van der Waals surface area (Å²) in [6.45, 7) is 4.59. The third kappa shape index (κ3) is 2.73. The van der Waals surface area contributed by atoms with E-state index in [1.165, 1.54) is 32.2 Å². The van der Waals surface area contributed by atoms with E-state index >= 15 is 0 Å². The van der Waals surface area contributed by atoms with E-state index < -0.39 is 0 Å². The average Bonchev–Trinajstić information content (AvgIpc) is 2.48. The summed E-state index contributed by atoms with van der Waals surface area (Å²) >= 11 is 0. The molecular formula is C15H25N5. The van der Waals surface area contributed by atoms with Crippen LogP contribution in [0.15, 0.2) is 12.3 Å². The molecule has 3 rings (SSSR count). The quantitative estimate of drug-likeness (QED) is 0.886. The molecular weight excluding hydrogens is 250 g/mol. The predicted molar refractivity (Wildman–Crippen MR) is 82.3 cm³/mol. The lowest BCUT2D eigenvalue weighted by atomic mass is 9.74. The van der Waals surface area contributed by atoms with E-state index in [4.69, 9.17) is 4.98 Å². The number of hydrogen-bond acceptors (Lipinski definition) is 5. The van der Waals surface area contributed by atoms with Crippen LogP contribution in [0.4, 0.5) is 11.8 Å². The van der Waals surface area contributed by atoms with Crippen molar-refractivity contribution in [2.45, 2.75) is 25.7 Å². The summed E-state index contributed by atoms with van der Waals surface area (Å²) in [7, 11) is 3.98. The van der Waals surface area contributed by atoms with Gasteiger partial charge in [-0.3, -0.25) is 0 Å². The molecule has 0 saturated carbocycles. The molecule has 1 aromatic heterocycles. The lowest BCUT2D eigenvalue weighted by Crippen LogP contribution is -2.51. The van der Waals surface area contributed by atoms with Gasteiger partial charge in [0.25, 0.3) is 0 Å². The van der Waals surface area contributed by atoms with E-state index in [1.807, 2.05) is 31.3 Å². The van der Waals surface area contributed by atoms with Crippen LogP contribution in [-0.2, 0) is 0 Å². The van der Waals surface area contributed by atoms with Gasteiger partial charge in [0.1, 0.15) is 5.82 Å². The maximum Gasteiger partial charge on any atom is 0.226 e. The van der Waals surface area contributed by atoms with Gasteiger partial charge in [0, 0.05) is 45.3 Å². The highest BCUT2D eigenvalue weighted by molar-refractivity contribution is 5.43. The zero-order chi connectivity index (χ0) is 14.0. The zero-order valence-electron chi connectivity index (χ0n) is 12.6. The van der Waals surface area contributed by atoms with Crippen LogP contribution in [0.1, 0.15) is 25.7 Å². The smallest absolute Gasteiger partial charge is 0.226 e. The zero-order valence-corrected chi connectivity index (χ0v) is 12.6. The van der Waals surface area contributed by atoms with Crippen molar-refractivity contribution in [2.24, 2.45) is 5.41 Å². The van der Waals surface area contributed by atoms with Crippen molar-refractivity contribution in [2.75, 3.05) is 50.1 Å². The van der Waals surface area contributed by atoms with Crippen molar-refractivity contribution >= 4 is 11.8 Å². The minimum Gasteiger partial charge on any atom is -0.356 e. The van der Waals surface area contributed by atoms with Gasteiger partial charge < -0.3 is 15.1 Å². The summed E-state index contributed by atoms with van der Waals surface area (Å²) in [5.41, 5.74) is 0.458. The Labute approximate surface area is 121 Å². The Bertz CT molecular complexity index is 448. The molecule has 0 bridgehead atoms. The second kappa shape index (κ2) is 5.56. The number of rotatable bonds is 2. The van der Waals surface area contributed by atoms with Gasteiger partial charge in [-0.15, -0.1) is 0 Å². The van der Waals surface area contributed by atoms with Crippen molar-refractivity contribution < 1.29 is 0 Å². The van der Waals surface area contributed by atoms with Crippen molar-refractivity contribution in [3.8, 4) is 0 Å². The third-order valence-electron chi connectivity index (χ3n) is 4.57. The van der Waals surface area contributed by atoms with Gasteiger partial charge >= 0.3 is 0 Å². The highest BCUT2D eigenvalue weighted by Crippen LogP contribution is 2.37. The molecule has 1 N–H and O–H groups in total. The molecule has 2 aliphatic rings. The molecule has 110 valence electrons. The Morgan fingerprint density at radius 2 is 2.15 bits per heavy atom. The summed E-state index contributed by atoms with van der Waals surface area (Å²) in [5, 5.41) is 3.58. The Morgan fingerprint density at radius 3 is 2.90 bits per heavy atom. The summed E-state index contributed by atoms with van der Waals surface area (Å²) in [4.78, 5) is 13.4. The fourth-order valence-electron chi connectivity index (χ4n) is 3.51. The van der Waals surface area contributed by atoms with Crippen molar-refractivity contribution in [3.05, 3.63) is 12.3 Å². The Hall–Kier alpha value is -1.36. The van der Waals surface area contributed by atoms with Gasteiger partial charge in [0.15, 0.2) is 0 Å². The minimum absolute atomic E-state index is 0.458. The normalized spacial score (nSPS) is 26.8. The first-order chi connectivity index (χ1) is 9.69.